The summed E-state index contributed by atoms with van der Waals surface area (Å²) >= 11 is 0. The van der Waals surface area contributed by atoms with E-state index < -0.39 is 0 Å². The van der Waals surface area contributed by atoms with Gasteiger partial charge in [0.15, 0.2) is 5.96 Å². The number of aromatic nitrogens is 2. The zero-order chi connectivity index (χ0) is 19.5. The number of aryl methyl sites for hydroxylation is 2. The van der Waals surface area contributed by atoms with Crippen molar-refractivity contribution in [2.45, 2.75) is 45.6 Å². The molecule has 7 nitrogen and oxygen atoms in total. The SMILES string of the molecule is CCC(CC)C(CNC(=NC)NCCCc1cnn(C)c1)N1CCOCC1. The average molecular weight is 379 g/mol. The molecule has 1 aliphatic rings. The first-order valence-corrected chi connectivity index (χ1v) is 10.4. The van der Waals surface area contributed by atoms with Crippen LogP contribution in [0.2, 0.25) is 0 Å². The van der Waals surface area contributed by atoms with E-state index in [1.807, 2.05) is 25.0 Å². The van der Waals surface area contributed by atoms with Gasteiger partial charge in [-0.15, -0.1) is 0 Å². The van der Waals surface area contributed by atoms with Crippen LogP contribution in [0.4, 0.5) is 0 Å². The van der Waals surface area contributed by atoms with Crippen molar-refractivity contribution in [2.75, 3.05) is 46.4 Å². The second-order valence-corrected chi connectivity index (χ2v) is 7.30. The molecule has 1 aliphatic heterocycles. The van der Waals surface area contributed by atoms with Gasteiger partial charge >= 0.3 is 0 Å². The standard InChI is InChI=1S/C20H38N6O/c1-5-18(6-2)19(26-10-12-27-13-11-26)15-23-20(21-3)22-9-7-8-17-14-24-25(4)16-17/h14,16,18-19H,5-13,15H2,1-4H3,(H2,21,22,23). The third kappa shape index (κ3) is 7.14. The van der Waals surface area contributed by atoms with E-state index >= 15 is 0 Å². The smallest absolute Gasteiger partial charge is 0.191 e. The molecule has 7 heteroatoms. The minimum atomic E-state index is 0.526. The Morgan fingerprint density at radius 1 is 1.26 bits per heavy atom. The fourth-order valence-electron chi connectivity index (χ4n) is 3.86. The van der Waals surface area contributed by atoms with Gasteiger partial charge in [0, 0.05) is 52.5 Å². The van der Waals surface area contributed by atoms with Crippen molar-refractivity contribution in [1.82, 2.24) is 25.3 Å². The van der Waals surface area contributed by atoms with E-state index in [2.05, 4.69) is 45.7 Å². The van der Waals surface area contributed by atoms with Crippen molar-refractivity contribution in [3.05, 3.63) is 18.0 Å². The molecular formula is C20H38N6O. The van der Waals surface area contributed by atoms with Crippen LogP contribution in [0.25, 0.3) is 0 Å². The number of guanidine groups is 1. The molecule has 0 spiro atoms. The number of ether oxygens (including phenoxy) is 1. The summed E-state index contributed by atoms with van der Waals surface area (Å²) in [5.74, 6) is 1.59. The van der Waals surface area contributed by atoms with Crippen LogP contribution < -0.4 is 10.6 Å². The monoisotopic (exact) mass is 378 g/mol. The van der Waals surface area contributed by atoms with Gasteiger partial charge in [-0.05, 0) is 24.3 Å². The molecule has 154 valence electrons. The highest BCUT2D eigenvalue weighted by Gasteiger charge is 2.26. The zero-order valence-electron chi connectivity index (χ0n) is 17.6. The van der Waals surface area contributed by atoms with Crippen LogP contribution in [0, 0.1) is 5.92 Å². The zero-order valence-corrected chi connectivity index (χ0v) is 17.6. The lowest BCUT2D eigenvalue weighted by Gasteiger charge is -2.39. The van der Waals surface area contributed by atoms with Gasteiger partial charge in [-0.3, -0.25) is 14.6 Å². The molecule has 1 fully saturated rings. The summed E-state index contributed by atoms with van der Waals surface area (Å²) in [5.41, 5.74) is 1.28. The summed E-state index contributed by atoms with van der Waals surface area (Å²) in [5, 5.41) is 11.2. The minimum absolute atomic E-state index is 0.526. The van der Waals surface area contributed by atoms with Crippen molar-refractivity contribution in [3.63, 3.8) is 0 Å². The second-order valence-electron chi connectivity index (χ2n) is 7.30. The number of rotatable bonds is 10. The summed E-state index contributed by atoms with van der Waals surface area (Å²) < 4.78 is 7.40. The topological polar surface area (TPSA) is 66.7 Å². The number of nitrogens with one attached hydrogen (secondary N) is 2. The summed E-state index contributed by atoms with van der Waals surface area (Å²) in [6.45, 7) is 10.2. The Bertz CT molecular complexity index is 548. The van der Waals surface area contributed by atoms with Crippen molar-refractivity contribution < 1.29 is 4.74 Å². The average Bonchev–Trinajstić information content (AvgIpc) is 3.12. The van der Waals surface area contributed by atoms with Gasteiger partial charge in [0.1, 0.15) is 0 Å². The molecule has 1 unspecified atom stereocenters. The van der Waals surface area contributed by atoms with Gasteiger partial charge in [-0.2, -0.15) is 5.10 Å². The number of aliphatic imine (C=N–C) groups is 1. The van der Waals surface area contributed by atoms with Crippen molar-refractivity contribution in [3.8, 4) is 0 Å². The highest BCUT2D eigenvalue weighted by Crippen LogP contribution is 2.19. The van der Waals surface area contributed by atoms with E-state index in [1.165, 1.54) is 18.4 Å². The Balaban J connectivity index is 1.78. The molecule has 0 amide bonds. The molecule has 0 aromatic carbocycles. The molecule has 1 aromatic heterocycles. The van der Waals surface area contributed by atoms with Gasteiger partial charge in [0.05, 0.1) is 19.4 Å². The lowest BCUT2D eigenvalue weighted by Crippen LogP contribution is -2.53. The quantitative estimate of drug-likeness (QED) is 0.368. The molecule has 1 aromatic rings. The van der Waals surface area contributed by atoms with E-state index in [1.54, 1.807) is 0 Å². The highest BCUT2D eigenvalue weighted by molar-refractivity contribution is 5.79. The fraction of sp³-hybridized carbons (Fsp3) is 0.800. The van der Waals surface area contributed by atoms with Gasteiger partial charge in [-0.1, -0.05) is 26.7 Å². The predicted octanol–water partition coefficient (Wildman–Crippen LogP) is 1.65. The summed E-state index contributed by atoms with van der Waals surface area (Å²) in [7, 11) is 3.80. The van der Waals surface area contributed by atoms with E-state index in [0.29, 0.717) is 12.0 Å². The van der Waals surface area contributed by atoms with Crippen molar-refractivity contribution >= 4 is 5.96 Å². The molecule has 1 saturated heterocycles. The molecular weight excluding hydrogens is 340 g/mol. The highest BCUT2D eigenvalue weighted by atomic mass is 16.5. The maximum atomic E-state index is 5.54. The maximum absolute atomic E-state index is 5.54. The molecule has 27 heavy (non-hydrogen) atoms. The predicted molar refractivity (Wildman–Crippen MR) is 111 cm³/mol. The van der Waals surface area contributed by atoms with Crippen LogP contribution in [0.1, 0.15) is 38.7 Å². The number of nitrogens with zero attached hydrogens (tertiary/aromatic N) is 4. The van der Waals surface area contributed by atoms with Crippen molar-refractivity contribution in [2.24, 2.45) is 18.0 Å². The lowest BCUT2D eigenvalue weighted by molar-refractivity contribution is 0.00272. The fourth-order valence-corrected chi connectivity index (χ4v) is 3.86. The van der Waals surface area contributed by atoms with E-state index in [4.69, 9.17) is 4.74 Å². The molecule has 2 rings (SSSR count). The van der Waals surface area contributed by atoms with Gasteiger partial charge in [0.25, 0.3) is 0 Å². The first-order valence-electron chi connectivity index (χ1n) is 10.4. The number of hydrogen-bond acceptors (Lipinski definition) is 4. The first kappa shape index (κ1) is 21.7. The molecule has 0 saturated carbocycles. The van der Waals surface area contributed by atoms with E-state index in [-0.39, 0.29) is 0 Å². The second kappa shape index (κ2) is 12.0. The van der Waals surface area contributed by atoms with Crippen LogP contribution in [-0.2, 0) is 18.2 Å². The van der Waals surface area contributed by atoms with E-state index in [9.17, 15) is 0 Å². The Labute approximate surface area is 164 Å². The molecule has 2 heterocycles. The van der Waals surface area contributed by atoms with Crippen LogP contribution in [-0.4, -0.2) is 73.1 Å². The first-order chi connectivity index (χ1) is 13.2. The summed E-state index contributed by atoms with van der Waals surface area (Å²) in [4.78, 5) is 6.99. The van der Waals surface area contributed by atoms with Gasteiger partial charge < -0.3 is 15.4 Å². The van der Waals surface area contributed by atoms with Crippen LogP contribution in [0.5, 0.6) is 0 Å². The van der Waals surface area contributed by atoms with Crippen LogP contribution >= 0.6 is 0 Å². The molecule has 2 N–H and O–H groups in total. The Kier molecular flexibility index (Phi) is 9.62. The molecule has 0 radical (unpaired) electrons. The van der Waals surface area contributed by atoms with Crippen LogP contribution in [0.3, 0.4) is 0 Å². The summed E-state index contributed by atoms with van der Waals surface area (Å²) in [6, 6.07) is 0.526. The number of hydrogen-bond donors (Lipinski definition) is 2. The molecule has 1 atom stereocenters. The molecule has 0 bridgehead atoms. The number of morpholine rings is 1. The normalized spacial score (nSPS) is 17.3. The minimum Gasteiger partial charge on any atom is -0.379 e. The van der Waals surface area contributed by atoms with E-state index in [0.717, 1.165) is 58.2 Å². The molecule has 0 aliphatic carbocycles. The Morgan fingerprint density at radius 3 is 2.59 bits per heavy atom. The largest absolute Gasteiger partial charge is 0.379 e. The maximum Gasteiger partial charge on any atom is 0.191 e. The Hall–Kier alpha value is -1.60. The van der Waals surface area contributed by atoms with Crippen LogP contribution in [0.15, 0.2) is 17.4 Å². The van der Waals surface area contributed by atoms with Crippen molar-refractivity contribution in [1.29, 1.82) is 0 Å². The van der Waals surface area contributed by atoms with Gasteiger partial charge in [0.2, 0.25) is 0 Å². The Morgan fingerprint density at radius 2 is 2.00 bits per heavy atom. The third-order valence-corrected chi connectivity index (χ3v) is 5.50. The van der Waals surface area contributed by atoms with Gasteiger partial charge in [-0.25, -0.2) is 0 Å². The summed E-state index contributed by atoms with van der Waals surface area (Å²) in [6.07, 6.45) is 8.52. The third-order valence-electron chi connectivity index (χ3n) is 5.50. The lowest BCUT2D eigenvalue weighted by atomic mass is 9.92.